The minimum absolute atomic E-state index is 0.107. The average molecular weight is 313 g/mol. The van der Waals surface area contributed by atoms with Crippen molar-refractivity contribution in [3.05, 3.63) is 34.3 Å². The van der Waals surface area contributed by atoms with Crippen LogP contribution in [0.2, 0.25) is 0 Å². The molecule has 0 aromatic heterocycles. The molecule has 0 bridgehead atoms. The molecule has 1 aromatic rings. The fourth-order valence-electron chi connectivity index (χ4n) is 2.64. The molecule has 0 unspecified atom stereocenters. The SMILES string of the molecule is COC1CC(CN)(N(C)Cc2ccccc2Br)C1. The third-order valence-corrected chi connectivity index (χ3v) is 4.88. The number of nitrogens with zero attached hydrogens (tertiary/aromatic N) is 1. The smallest absolute Gasteiger partial charge is 0.0607 e. The summed E-state index contributed by atoms with van der Waals surface area (Å²) in [6, 6.07) is 8.34. The Kier molecular flexibility index (Phi) is 4.43. The predicted molar refractivity (Wildman–Crippen MR) is 77.4 cm³/mol. The van der Waals surface area contributed by atoms with Gasteiger partial charge in [-0.2, -0.15) is 0 Å². The molecule has 4 heteroatoms. The first-order valence-corrected chi connectivity index (χ1v) is 7.08. The number of ether oxygens (including phenoxy) is 1. The second-order valence-corrected chi connectivity index (χ2v) is 6.00. The van der Waals surface area contributed by atoms with Gasteiger partial charge in [-0.15, -0.1) is 0 Å². The van der Waals surface area contributed by atoms with Gasteiger partial charge in [-0.25, -0.2) is 0 Å². The van der Waals surface area contributed by atoms with Crippen LogP contribution in [0.1, 0.15) is 18.4 Å². The van der Waals surface area contributed by atoms with Crippen molar-refractivity contribution in [1.82, 2.24) is 4.90 Å². The molecule has 0 saturated heterocycles. The number of hydrogen-bond acceptors (Lipinski definition) is 3. The maximum atomic E-state index is 5.97. The Morgan fingerprint density at radius 1 is 1.44 bits per heavy atom. The van der Waals surface area contributed by atoms with Crippen molar-refractivity contribution in [2.45, 2.75) is 31.0 Å². The van der Waals surface area contributed by atoms with Crippen LogP contribution in [-0.4, -0.2) is 37.2 Å². The Morgan fingerprint density at radius 3 is 2.67 bits per heavy atom. The third-order valence-electron chi connectivity index (χ3n) is 4.10. The molecular formula is C14H21BrN2O. The van der Waals surface area contributed by atoms with E-state index in [1.807, 2.05) is 6.07 Å². The summed E-state index contributed by atoms with van der Waals surface area (Å²) in [6.45, 7) is 1.60. The lowest BCUT2D eigenvalue weighted by Gasteiger charge is -2.52. The fraction of sp³-hybridized carbons (Fsp3) is 0.571. The summed E-state index contributed by atoms with van der Waals surface area (Å²) in [7, 11) is 3.93. The minimum Gasteiger partial charge on any atom is -0.381 e. The Balaban J connectivity index is 2.03. The Labute approximate surface area is 117 Å². The molecule has 1 aromatic carbocycles. The number of methoxy groups -OCH3 is 1. The molecule has 2 N–H and O–H groups in total. The van der Waals surface area contributed by atoms with Gasteiger partial charge in [0.25, 0.3) is 0 Å². The topological polar surface area (TPSA) is 38.5 Å². The monoisotopic (exact) mass is 312 g/mol. The fourth-order valence-corrected chi connectivity index (χ4v) is 3.05. The normalized spacial score (nSPS) is 27.3. The van der Waals surface area contributed by atoms with Crippen LogP contribution in [0.25, 0.3) is 0 Å². The quantitative estimate of drug-likeness (QED) is 0.907. The predicted octanol–water partition coefficient (Wildman–Crippen LogP) is 2.39. The zero-order chi connectivity index (χ0) is 13.2. The third kappa shape index (κ3) is 2.62. The van der Waals surface area contributed by atoms with Crippen molar-refractivity contribution in [3.63, 3.8) is 0 Å². The number of benzene rings is 1. The Hall–Kier alpha value is -0.420. The summed E-state index contributed by atoms with van der Waals surface area (Å²) in [5.74, 6) is 0. The molecule has 100 valence electrons. The van der Waals surface area contributed by atoms with E-state index in [0.717, 1.165) is 23.9 Å². The molecule has 0 spiro atoms. The largest absolute Gasteiger partial charge is 0.381 e. The van der Waals surface area contributed by atoms with Crippen LogP contribution < -0.4 is 5.73 Å². The standard InChI is InChI=1S/C14H21BrN2O/c1-17(9-11-5-3-4-6-13(11)15)14(10-16)7-12(8-14)18-2/h3-6,12H,7-10,16H2,1-2H3. The molecule has 0 aliphatic heterocycles. The van der Waals surface area contributed by atoms with Crippen molar-refractivity contribution >= 4 is 15.9 Å². The highest BCUT2D eigenvalue weighted by Gasteiger charge is 2.46. The Morgan fingerprint density at radius 2 is 2.11 bits per heavy atom. The summed E-state index contributed by atoms with van der Waals surface area (Å²) < 4.78 is 6.53. The number of nitrogens with two attached hydrogens (primary N) is 1. The first-order valence-electron chi connectivity index (χ1n) is 6.29. The highest BCUT2D eigenvalue weighted by Crippen LogP contribution is 2.39. The average Bonchev–Trinajstić information content (AvgIpc) is 2.32. The van der Waals surface area contributed by atoms with E-state index in [-0.39, 0.29) is 5.54 Å². The van der Waals surface area contributed by atoms with E-state index in [2.05, 4.69) is 46.1 Å². The van der Waals surface area contributed by atoms with E-state index in [1.165, 1.54) is 5.56 Å². The maximum absolute atomic E-state index is 5.97. The van der Waals surface area contributed by atoms with E-state index in [9.17, 15) is 0 Å². The number of likely N-dealkylation sites (N-methyl/N-ethyl adjacent to an activating group) is 1. The van der Waals surface area contributed by atoms with Crippen molar-refractivity contribution in [1.29, 1.82) is 0 Å². The van der Waals surface area contributed by atoms with Crippen molar-refractivity contribution in [3.8, 4) is 0 Å². The first-order chi connectivity index (χ1) is 8.61. The van der Waals surface area contributed by atoms with Crippen molar-refractivity contribution in [2.24, 2.45) is 5.73 Å². The van der Waals surface area contributed by atoms with Crippen LogP contribution in [0.5, 0.6) is 0 Å². The van der Waals surface area contributed by atoms with E-state index >= 15 is 0 Å². The van der Waals surface area contributed by atoms with Gasteiger partial charge in [-0.1, -0.05) is 34.1 Å². The highest BCUT2D eigenvalue weighted by atomic mass is 79.9. The van der Waals surface area contributed by atoms with E-state index in [4.69, 9.17) is 10.5 Å². The lowest BCUT2D eigenvalue weighted by Crippen LogP contribution is -2.62. The first kappa shape index (κ1) is 14.0. The van der Waals surface area contributed by atoms with Gasteiger partial charge in [0.05, 0.1) is 6.10 Å². The molecule has 0 atom stereocenters. The van der Waals surface area contributed by atoms with Crippen LogP contribution in [0, 0.1) is 0 Å². The van der Waals surface area contributed by atoms with E-state index < -0.39 is 0 Å². The highest BCUT2D eigenvalue weighted by molar-refractivity contribution is 9.10. The summed E-state index contributed by atoms with van der Waals surface area (Å²) in [6.07, 6.45) is 2.43. The molecule has 1 saturated carbocycles. The van der Waals surface area contributed by atoms with Crippen molar-refractivity contribution < 1.29 is 4.74 Å². The molecule has 1 aliphatic rings. The van der Waals surface area contributed by atoms with Crippen LogP contribution in [0.3, 0.4) is 0 Å². The van der Waals surface area contributed by atoms with Gasteiger partial charge in [0, 0.05) is 30.2 Å². The van der Waals surface area contributed by atoms with Gasteiger partial charge in [0.15, 0.2) is 0 Å². The molecule has 3 nitrogen and oxygen atoms in total. The molecule has 2 rings (SSSR count). The molecular weight excluding hydrogens is 292 g/mol. The van der Waals surface area contributed by atoms with Crippen molar-refractivity contribution in [2.75, 3.05) is 20.7 Å². The van der Waals surface area contributed by atoms with Gasteiger partial charge in [0.1, 0.15) is 0 Å². The van der Waals surface area contributed by atoms with Crippen LogP contribution in [0.15, 0.2) is 28.7 Å². The molecule has 18 heavy (non-hydrogen) atoms. The molecule has 0 radical (unpaired) electrons. The zero-order valence-electron chi connectivity index (χ0n) is 11.0. The van der Waals surface area contributed by atoms with Crippen LogP contribution in [-0.2, 0) is 11.3 Å². The second kappa shape index (κ2) is 5.70. The summed E-state index contributed by atoms with van der Waals surface area (Å²) in [5.41, 5.74) is 7.38. The summed E-state index contributed by atoms with van der Waals surface area (Å²) >= 11 is 3.60. The summed E-state index contributed by atoms with van der Waals surface area (Å²) in [4.78, 5) is 2.36. The molecule has 0 heterocycles. The van der Waals surface area contributed by atoms with Gasteiger partial charge in [-0.05, 0) is 31.5 Å². The molecule has 1 fully saturated rings. The lowest BCUT2D eigenvalue weighted by atomic mass is 9.73. The Bertz CT molecular complexity index is 405. The molecule has 1 aliphatic carbocycles. The second-order valence-electron chi connectivity index (χ2n) is 5.14. The van der Waals surface area contributed by atoms with Gasteiger partial charge < -0.3 is 10.5 Å². The van der Waals surface area contributed by atoms with Gasteiger partial charge in [-0.3, -0.25) is 4.90 Å². The number of halogens is 1. The van der Waals surface area contributed by atoms with Gasteiger partial charge in [0.2, 0.25) is 0 Å². The number of rotatable bonds is 5. The maximum Gasteiger partial charge on any atom is 0.0607 e. The van der Waals surface area contributed by atoms with E-state index in [1.54, 1.807) is 7.11 Å². The van der Waals surface area contributed by atoms with Gasteiger partial charge >= 0.3 is 0 Å². The molecule has 0 amide bonds. The zero-order valence-corrected chi connectivity index (χ0v) is 12.6. The van der Waals surface area contributed by atoms with Crippen LogP contribution in [0.4, 0.5) is 0 Å². The van der Waals surface area contributed by atoms with Crippen LogP contribution >= 0.6 is 15.9 Å². The van der Waals surface area contributed by atoms with E-state index in [0.29, 0.717) is 12.6 Å². The minimum atomic E-state index is 0.107. The lowest BCUT2D eigenvalue weighted by molar-refractivity contribution is -0.0812. The number of hydrogen-bond donors (Lipinski definition) is 1. The summed E-state index contributed by atoms with van der Waals surface area (Å²) in [5, 5.41) is 0.